The van der Waals surface area contributed by atoms with Crippen LogP contribution in [0.4, 0.5) is 11.4 Å². The first-order valence-electron chi connectivity index (χ1n) is 7.31. The number of benzene rings is 2. The van der Waals surface area contributed by atoms with E-state index in [-0.39, 0.29) is 0 Å². The standard InChI is InChI=1S/C19H17N3O2/c1-12(2)19(23)24-18-13(3)9-17(10-14(18)4)22-21-16-7-5-15(11-20)6-8-16/h5-10H,1H2,2-4H3. The maximum Gasteiger partial charge on any atom is 0.338 e. The first-order chi connectivity index (χ1) is 11.4. The van der Waals surface area contributed by atoms with Gasteiger partial charge in [-0.3, -0.25) is 0 Å². The van der Waals surface area contributed by atoms with Crippen LogP contribution < -0.4 is 4.74 Å². The molecule has 120 valence electrons. The highest BCUT2D eigenvalue weighted by Crippen LogP contribution is 2.30. The van der Waals surface area contributed by atoms with E-state index in [1.54, 1.807) is 43.3 Å². The van der Waals surface area contributed by atoms with Gasteiger partial charge in [0.25, 0.3) is 0 Å². The number of nitriles is 1. The summed E-state index contributed by atoms with van der Waals surface area (Å²) in [5.74, 6) is 0.0634. The van der Waals surface area contributed by atoms with E-state index in [1.165, 1.54) is 0 Å². The van der Waals surface area contributed by atoms with Crippen LogP contribution in [0.2, 0.25) is 0 Å². The smallest absolute Gasteiger partial charge is 0.338 e. The summed E-state index contributed by atoms with van der Waals surface area (Å²) in [7, 11) is 0. The Hall–Kier alpha value is -3.26. The Bertz CT molecular complexity index is 836. The average Bonchev–Trinajstić information content (AvgIpc) is 2.56. The zero-order valence-corrected chi connectivity index (χ0v) is 13.8. The normalized spacial score (nSPS) is 10.4. The molecule has 0 saturated heterocycles. The van der Waals surface area contributed by atoms with E-state index in [9.17, 15) is 4.79 Å². The van der Waals surface area contributed by atoms with Gasteiger partial charge in [0.1, 0.15) is 5.75 Å². The maximum absolute atomic E-state index is 11.7. The minimum Gasteiger partial charge on any atom is -0.423 e. The summed E-state index contributed by atoms with van der Waals surface area (Å²) in [5.41, 5.74) is 3.81. The number of nitrogens with zero attached hydrogens (tertiary/aromatic N) is 3. The second-order valence-corrected chi connectivity index (χ2v) is 5.44. The fourth-order valence-corrected chi connectivity index (χ4v) is 2.04. The monoisotopic (exact) mass is 319 g/mol. The molecule has 2 aromatic rings. The topological polar surface area (TPSA) is 74.8 Å². The van der Waals surface area contributed by atoms with Crippen molar-refractivity contribution in [3.63, 3.8) is 0 Å². The highest BCUT2D eigenvalue weighted by atomic mass is 16.5. The second-order valence-electron chi connectivity index (χ2n) is 5.44. The quantitative estimate of drug-likeness (QED) is 0.341. The molecule has 0 aliphatic rings. The third-order valence-corrected chi connectivity index (χ3v) is 3.27. The zero-order valence-electron chi connectivity index (χ0n) is 13.8. The van der Waals surface area contributed by atoms with Gasteiger partial charge in [-0.15, -0.1) is 0 Å². The van der Waals surface area contributed by atoms with Gasteiger partial charge in [0, 0.05) is 5.57 Å². The molecule has 0 unspecified atom stereocenters. The van der Waals surface area contributed by atoms with Gasteiger partial charge in [0.15, 0.2) is 0 Å². The fourth-order valence-electron chi connectivity index (χ4n) is 2.04. The molecule has 0 radical (unpaired) electrons. The number of carbonyl (C=O) groups excluding carboxylic acids is 1. The Morgan fingerprint density at radius 3 is 2.12 bits per heavy atom. The summed E-state index contributed by atoms with van der Waals surface area (Å²) in [6.07, 6.45) is 0. The molecular weight excluding hydrogens is 302 g/mol. The number of ether oxygens (including phenoxy) is 1. The molecule has 0 bridgehead atoms. The third kappa shape index (κ3) is 4.14. The lowest BCUT2D eigenvalue weighted by atomic mass is 10.1. The van der Waals surface area contributed by atoms with Gasteiger partial charge in [-0.25, -0.2) is 4.79 Å². The highest BCUT2D eigenvalue weighted by molar-refractivity contribution is 5.89. The van der Waals surface area contributed by atoms with Crippen molar-refractivity contribution in [3.8, 4) is 11.8 Å². The summed E-state index contributed by atoms with van der Waals surface area (Å²) in [4.78, 5) is 11.7. The second kappa shape index (κ2) is 7.34. The van der Waals surface area contributed by atoms with Crippen LogP contribution in [0.25, 0.3) is 0 Å². The van der Waals surface area contributed by atoms with E-state index in [2.05, 4.69) is 22.9 Å². The molecule has 0 aliphatic heterocycles. The third-order valence-electron chi connectivity index (χ3n) is 3.27. The number of hydrogen-bond acceptors (Lipinski definition) is 5. The van der Waals surface area contributed by atoms with Gasteiger partial charge < -0.3 is 4.74 Å². The van der Waals surface area contributed by atoms with Crippen LogP contribution in [-0.2, 0) is 4.79 Å². The van der Waals surface area contributed by atoms with Gasteiger partial charge in [0.05, 0.1) is 23.0 Å². The minimum absolute atomic E-state index is 0.346. The van der Waals surface area contributed by atoms with Crippen molar-refractivity contribution in [1.29, 1.82) is 5.26 Å². The maximum atomic E-state index is 11.7. The Labute approximate surface area is 140 Å². The molecule has 2 aromatic carbocycles. The van der Waals surface area contributed by atoms with Crippen LogP contribution >= 0.6 is 0 Å². The van der Waals surface area contributed by atoms with Crippen LogP contribution in [-0.4, -0.2) is 5.97 Å². The van der Waals surface area contributed by atoms with Crippen molar-refractivity contribution in [2.75, 3.05) is 0 Å². The van der Waals surface area contributed by atoms with E-state index >= 15 is 0 Å². The van der Waals surface area contributed by atoms with E-state index in [4.69, 9.17) is 10.00 Å². The van der Waals surface area contributed by atoms with Crippen molar-refractivity contribution in [1.82, 2.24) is 0 Å². The van der Waals surface area contributed by atoms with Crippen LogP contribution in [0.5, 0.6) is 5.75 Å². The van der Waals surface area contributed by atoms with Crippen molar-refractivity contribution < 1.29 is 9.53 Å². The molecule has 0 amide bonds. The van der Waals surface area contributed by atoms with Gasteiger partial charge >= 0.3 is 5.97 Å². The van der Waals surface area contributed by atoms with Crippen LogP contribution in [0, 0.1) is 25.2 Å². The largest absolute Gasteiger partial charge is 0.423 e. The van der Waals surface area contributed by atoms with Crippen molar-refractivity contribution >= 4 is 17.3 Å². The first-order valence-corrected chi connectivity index (χ1v) is 7.31. The van der Waals surface area contributed by atoms with E-state index in [0.29, 0.717) is 28.3 Å². The summed E-state index contributed by atoms with van der Waals surface area (Å²) < 4.78 is 5.34. The molecular formula is C19H17N3O2. The van der Waals surface area contributed by atoms with E-state index in [1.807, 2.05) is 13.8 Å². The number of aryl methyl sites for hydroxylation is 2. The first kappa shape index (κ1) is 17.1. The predicted molar refractivity (Wildman–Crippen MR) is 91.7 cm³/mol. The Morgan fingerprint density at radius 2 is 1.62 bits per heavy atom. The van der Waals surface area contributed by atoms with Crippen molar-refractivity contribution in [2.24, 2.45) is 10.2 Å². The summed E-state index contributed by atoms with van der Waals surface area (Å²) in [6.45, 7) is 8.86. The Balaban J connectivity index is 2.23. The molecule has 0 fully saturated rings. The van der Waals surface area contributed by atoms with Crippen LogP contribution in [0.3, 0.4) is 0 Å². The molecule has 0 aromatic heterocycles. The van der Waals surface area contributed by atoms with Crippen LogP contribution in [0.1, 0.15) is 23.6 Å². The molecule has 5 heteroatoms. The lowest BCUT2D eigenvalue weighted by Gasteiger charge is -2.11. The van der Waals surface area contributed by atoms with Crippen molar-refractivity contribution in [3.05, 3.63) is 65.2 Å². The number of hydrogen-bond donors (Lipinski definition) is 0. The molecule has 2 rings (SSSR count). The molecule has 0 atom stereocenters. The zero-order chi connectivity index (χ0) is 17.7. The van der Waals surface area contributed by atoms with E-state index < -0.39 is 5.97 Å². The van der Waals surface area contributed by atoms with Gasteiger partial charge in [0.2, 0.25) is 0 Å². The summed E-state index contributed by atoms with van der Waals surface area (Å²) >= 11 is 0. The Kier molecular flexibility index (Phi) is 5.23. The highest BCUT2D eigenvalue weighted by Gasteiger charge is 2.11. The molecule has 0 saturated carbocycles. The molecule has 0 heterocycles. The van der Waals surface area contributed by atoms with Gasteiger partial charge in [-0.05, 0) is 68.3 Å². The van der Waals surface area contributed by atoms with Crippen LogP contribution in [0.15, 0.2) is 58.8 Å². The predicted octanol–water partition coefficient (Wildman–Crippen LogP) is 5.07. The average molecular weight is 319 g/mol. The number of carbonyl (C=O) groups is 1. The SMILES string of the molecule is C=C(C)C(=O)Oc1c(C)cc(N=Nc2ccc(C#N)cc2)cc1C. The van der Waals surface area contributed by atoms with Gasteiger partial charge in [-0.1, -0.05) is 6.58 Å². The number of rotatable bonds is 4. The fraction of sp³-hybridized carbons (Fsp3) is 0.158. The summed E-state index contributed by atoms with van der Waals surface area (Å²) in [6, 6.07) is 12.5. The summed E-state index contributed by atoms with van der Waals surface area (Å²) in [5, 5.41) is 17.1. The lowest BCUT2D eigenvalue weighted by molar-refractivity contribution is -0.130. The Morgan fingerprint density at radius 1 is 1.08 bits per heavy atom. The van der Waals surface area contributed by atoms with Gasteiger partial charge in [-0.2, -0.15) is 15.5 Å². The van der Waals surface area contributed by atoms with E-state index in [0.717, 1.165) is 11.1 Å². The lowest BCUT2D eigenvalue weighted by Crippen LogP contribution is -2.10. The minimum atomic E-state index is -0.451. The number of esters is 1. The molecule has 5 nitrogen and oxygen atoms in total. The molecule has 0 N–H and O–H groups in total. The molecule has 0 spiro atoms. The van der Waals surface area contributed by atoms with Crippen molar-refractivity contribution in [2.45, 2.75) is 20.8 Å². The molecule has 0 aliphatic carbocycles. The molecule has 24 heavy (non-hydrogen) atoms. The number of azo groups is 1.